The molecule has 0 aromatic rings. The van der Waals surface area contributed by atoms with Gasteiger partial charge in [-0.3, -0.25) is 4.90 Å². The third-order valence-electron chi connectivity index (χ3n) is 3.31. The molecule has 0 bridgehead atoms. The van der Waals surface area contributed by atoms with Gasteiger partial charge in [0.1, 0.15) is 0 Å². The minimum atomic E-state index is -0.0698. The lowest BCUT2D eigenvalue weighted by Crippen LogP contribution is -2.45. The number of likely N-dealkylation sites (tertiary alicyclic amines) is 2. The molecule has 76 valence electrons. The molecule has 0 spiro atoms. The van der Waals surface area contributed by atoms with Crippen LogP contribution in [0, 0.1) is 0 Å². The van der Waals surface area contributed by atoms with Crippen molar-refractivity contribution in [2.75, 3.05) is 33.2 Å². The molecular formula is C10H20N2O. The predicted molar refractivity (Wildman–Crippen MR) is 52.7 cm³/mol. The lowest BCUT2D eigenvalue weighted by atomic mass is 10.1. The van der Waals surface area contributed by atoms with Crippen LogP contribution in [-0.2, 0) is 0 Å². The lowest BCUT2D eigenvalue weighted by molar-refractivity contribution is 0.0489. The molecule has 2 aliphatic rings. The minimum absolute atomic E-state index is 0.0698. The molecule has 0 radical (unpaired) electrons. The zero-order chi connectivity index (χ0) is 9.26. The second-order valence-electron chi connectivity index (χ2n) is 4.50. The van der Waals surface area contributed by atoms with Gasteiger partial charge >= 0.3 is 0 Å². The monoisotopic (exact) mass is 184 g/mol. The summed E-state index contributed by atoms with van der Waals surface area (Å²) in [5.41, 5.74) is 0. The normalized spacial score (nSPS) is 38.3. The smallest absolute Gasteiger partial charge is 0.0667 e. The highest BCUT2D eigenvalue weighted by atomic mass is 16.3. The topological polar surface area (TPSA) is 26.7 Å². The third-order valence-corrected chi connectivity index (χ3v) is 3.31. The van der Waals surface area contributed by atoms with Crippen molar-refractivity contribution in [2.45, 2.75) is 31.4 Å². The molecule has 2 rings (SSSR count). The highest BCUT2D eigenvalue weighted by Gasteiger charge is 2.28. The van der Waals surface area contributed by atoms with E-state index in [0.29, 0.717) is 6.04 Å². The molecule has 0 aromatic heterocycles. The molecule has 0 aromatic carbocycles. The largest absolute Gasteiger partial charge is 0.392 e. The highest BCUT2D eigenvalue weighted by molar-refractivity contribution is 4.85. The number of nitrogens with zero attached hydrogens (tertiary/aromatic N) is 2. The maximum Gasteiger partial charge on any atom is 0.0667 e. The second kappa shape index (κ2) is 3.95. The van der Waals surface area contributed by atoms with E-state index in [1.165, 1.54) is 32.5 Å². The Morgan fingerprint density at radius 2 is 2.00 bits per heavy atom. The summed E-state index contributed by atoms with van der Waals surface area (Å²) in [5, 5.41) is 9.55. The van der Waals surface area contributed by atoms with Crippen molar-refractivity contribution in [1.82, 2.24) is 9.80 Å². The SMILES string of the molecule is CN1CCC(N2CCCC(O)C2)C1. The number of β-amino-alcohol motifs (C(OH)–C–C–N with tert-alkyl or cyclic N) is 1. The lowest BCUT2D eigenvalue weighted by Gasteiger charge is -2.34. The van der Waals surface area contributed by atoms with Crippen LogP contribution < -0.4 is 0 Å². The zero-order valence-electron chi connectivity index (χ0n) is 8.45. The summed E-state index contributed by atoms with van der Waals surface area (Å²) < 4.78 is 0. The molecule has 2 saturated heterocycles. The average molecular weight is 184 g/mol. The number of likely N-dealkylation sites (N-methyl/N-ethyl adjacent to an activating group) is 1. The maximum absolute atomic E-state index is 9.55. The zero-order valence-corrected chi connectivity index (χ0v) is 8.45. The van der Waals surface area contributed by atoms with Gasteiger partial charge in [0, 0.05) is 19.1 Å². The first-order valence-corrected chi connectivity index (χ1v) is 5.36. The van der Waals surface area contributed by atoms with E-state index >= 15 is 0 Å². The molecule has 3 heteroatoms. The van der Waals surface area contributed by atoms with Gasteiger partial charge in [0.15, 0.2) is 0 Å². The van der Waals surface area contributed by atoms with Gasteiger partial charge < -0.3 is 10.0 Å². The quantitative estimate of drug-likeness (QED) is 0.628. The molecule has 0 saturated carbocycles. The summed E-state index contributed by atoms with van der Waals surface area (Å²) in [6, 6.07) is 0.708. The number of hydrogen-bond donors (Lipinski definition) is 1. The van der Waals surface area contributed by atoms with Gasteiger partial charge in [0.2, 0.25) is 0 Å². The molecule has 2 unspecified atom stereocenters. The Hall–Kier alpha value is -0.120. The van der Waals surface area contributed by atoms with Crippen LogP contribution in [0.25, 0.3) is 0 Å². The van der Waals surface area contributed by atoms with E-state index in [1.54, 1.807) is 0 Å². The van der Waals surface area contributed by atoms with Gasteiger partial charge in [0.05, 0.1) is 6.10 Å². The van der Waals surface area contributed by atoms with Crippen LogP contribution in [0.2, 0.25) is 0 Å². The van der Waals surface area contributed by atoms with E-state index in [9.17, 15) is 5.11 Å². The number of aliphatic hydroxyl groups is 1. The van der Waals surface area contributed by atoms with Crippen molar-refractivity contribution in [3.63, 3.8) is 0 Å². The molecule has 13 heavy (non-hydrogen) atoms. The average Bonchev–Trinajstić information content (AvgIpc) is 2.52. The van der Waals surface area contributed by atoms with Crippen LogP contribution >= 0.6 is 0 Å². The summed E-state index contributed by atoms with van der Waals surface area (Å²) in [6.07, 6.45) is 3.38. The Balaban J connectivity index is 1.85. The molecule has 2 atom stereocenters. The molecule has 0 aliphatic carbocycles. The van der Waals surface area contributed by atoms with Crippen LogP contribution in [0.3, 0.4) is 0 Å². The minimum Gasteiger partial charge on any atom is -0.392 e. The van der Waals surface area contributed by atoms with Crippen LogP contribution in [0.4, 0.5) is 0 Å². The Kier molecular flexibility index (Phi) is 2.86. The van der Waals surface area contributed by atoms with E-state index in [0.717, 1.165) is 13.0 Å². The third kappa shape index (κ3) is 2.22. The van der Waals surface area contributed by atoms with E-state index in [1.807, 2.05) is 0 Å². The molecule has 2 heterocycles. The number of piperidine rings is 1. The van der Waals surface area contributed by atoms with Crippen molar-refractivity contribution in [3.05, 3.63) is 0 Å². The Morgan fingerprint density at radius 1 is 1.15 bits per heavy atom. The number of hydrogen-bond acceptors (Lipinski definition) is 3. The predicted octanol–water partition coefficient (Wildman–Crippen LogP) is 0.147. The Bertz CT molecular complexity index is 174. The van der Waals surface area contributed by atoms with Crippen LogP contribution in [0.5, 0.6) is 0 Å². The van der Waals surface area contributed by atoms with Crippen molar-refractivity contribution in [1.29, 1.82) is 0 Å². The summed E-state index contributed by atoms with van der Waals surface area (Å²) in [4.78, 5) is 4.85. The van der Waals surface area contributed by atoms with Crippen molar-refractivity contribution < 1.29 is 5.11 Å². The standard InChI is InChI=1S/C10H20N2O/c1-11-6-4-9(7-11)12-5-2-3-10(13)8-12/h9-10,13H,2-8H2,1H3. The van der Waals surface area contributed by atoms with E-state index < -0.39 is 0 Å². The molecule has 1 N–H and O–H groups in total. The summed E-state index contributed by atoms with van der Waals surface area (Å²) >= 11 is 0. The molecule has 2 fully saturated rings. The van der Waals surface area contributed by atoms with Crippen LogP contribution in [0.1, 0.15) is 19.3 Å². The fourth-order valence-corrected chi connectivity index (χ4v) is 2.52. The van der Waals surface area contributed by atoms with Gasteiger partial charge in [-0.15, -0.1) is 0 Å². The van der Waals surface area contributed by atoms with Gasteiger partial charge in [-0.1, -0.05) is 0 Å². The van der Waals surface area contributed by atoms with Gasteiger partial charge in [-0.2, -0.15) is 0 Å². The van der Waals surface area contributed by atoms with Crippen LogP contribution in [0.15, 0.2) is 0 Å². The second-order valence-corrected chi connectivity index (χ2v) is 4.50. The van der Waals surface area contributed by atoms with Crippen LogP contribution in [-0.4, -0.2) is 60.3 Å². The molecular weight excluding hydrogens is 164 g/mol. The molecule has 2 aliphatic heterocycles. The van der Waals surface area contributed by atoms with Crippen molar-refractivity contribution >= 4 is 0 Å². The number of rotatable bonds is 1. The molecule has 0 amide bonds. The first kappa shape index (κ1) is 9.44. The van der Waals surface area contributed by atoms with E-state index in [2.05, 4.69) is 16.8 Å². The maximum atomic E-state index is 9.55. The van der Waals surface area contributed by atoms with Crippen molar-refractivity contribution in [2.24, 2.45) is 0 Å². The van der Waals surface area contributed by atoms with E-state index in [-0.39, 0.29) is 6.10 Å². The summed E-state index contributed by atoms with van der Waals surface area (Å²) in [6.45, 7) is 4.50. The van der Waals surface area contributed by atoms with Crippen molar-refractivity contribution in [3.8, 4) is 0 Å². The van der Waals surface area contributed by atoms with E-state index in [4.69, 9.17) is 0 Å². The van der Waals surface area contributed by atoms with Gasteiger partial charge in [-0.05, 0) is 39.4 Å². The van der Waals surface area contributed by atoms with Gasteiger partial charge in [0.25, 0.3) is 0 Å². The first-order chi connectivity index (χ1) is 6.25. The fourth-order valence-electron chi connectivity index (χ4n) is 2.52. The Labute approximate surface area is 80.3 Å². The fraction of sp³-hybridized carbons (Fsp3) is 1.00. The first-order valence-electron chi connectivity index (χ1n) is 5.36. The summed E-state index contributed by atoms with van der Waals surface area (Å²) in [5.74, 6) is 0. The highest BCUT2D eigenvalue weighted by Crippen LogP contribution is 2.19. The summed E-state index contributed by atoms with van der Waals surface area (Å²) in [7, 11) is 2.18. The Morgan fingerprint density at radius 3 is 2.62 bits per heavy atom. The molecule has 3 nitrogen and oxygen atoms in total. The van der Waals surface area contributed by atoms with Gasteiger partial charge in [-0.25, -0.2) is 0 Å². The number of aliphatic hydroxyl groups excluding tert-OH is 1.